The van der Waals surface area contributed by atoms with E-state index in [1.165, 1.54) is 12.1 Å². The van der Waals surface area contributed by atoms with Crippen molar-refractivity contribution in [1.29, 1.82) is 0 Å². The Bertz CT molecular complexity index is 771. The molecule has 0 bridgehead atoms. The minimum Gasteiger partial charge on any atom is -0.545 e. The molecule has 5 atom stereocenters. The SMILES string of the molecule is O=C([O-])c1ccc(-c2ccc(O[C@H]3O[C@H](CO)[C@@H](O)[C@H](O)[C@@H]3O)cc2)cc1. The van der Waals surface area contributed by atoms with E-state index in [4.69, 9.17) is 9.47 Å². The lowest BCUT2D eigenvalue weighted by molar-refractivity contribution is -0.277. The monoisotopic (exact) mass is 375 g/mol. The van der Waals surface area contributed by atoms with E-state index in [1.54, 1.807) is 36.4 Å². The lowest BCUT2D eigenvalue weighted by Crippen LogP contribution is -2.60. The van der Waals surface area contributed by atoms with Crippen LogP contribution in [0, 0.1) is 0 Å². The van der Waals surface area contributed by atoms with Crippen LogP contribution in [0.3, 0.4) is 0 Å². The predicted octanol–water partition coefficient (Wildman–Crippen LogP) is -1.10. The molecule has 1 heterocycles. The van der Waals surface area contributed by atoms with Crippen LogP contribution >= 0.6 is 0 Å². The van der Waals surface area contributed by atoms with Crippen LogP contribution in [-0.4, -0.2) is 63.7 Å². The van der Waals surface area contributed by atoms with Crippen molar-refractivity contribution in [2.24, 2.45) is 0 Å². The van der Waals surface area contributed by atoms with Gasteiger partial charge in [0, 0.05) is 0 Å². The van der Waals surface area contributed by atoms with E-state index in [9.17, 15) is 30.3 Å². The molecule has 0 radical (unpaired) electrons. The molecule has 27 heavy (non-hydrogen) atoms. The van der Waals surface area contributed by atoms with E-state index in [0.717, 1.165) is 11.1 Å². The number of ether oxygens (including phenoxy) is 2. The van der Waals surface area contributed by atoms with Gasteiger partial charge in [0.1, 0.15) is 30.2 Å². The molecule has 0 aliphatic carbocycles. The van der Waals surface area contributed by atoms with Crippen LogP contribution in [0.1, 0.15) is 10.4 Å². The highest BCUT2D eigenvalue weighted by Crippen LogP contribution is 2.27. The summed E-state index contributed by atoms with van der Waals surface area (Å²) in [7, 11) is 0. The largest absolute Gasteiger partial charge is 0.545 e. The average molecular weight is 375 g/mol. The molecule has 2 aromatic carbocycles. The Morgan fingerprint density at radius 2 is 1.48 bits per heavy atom. The maximum absolute atomic E-state index is 10.8. The summed E-state index contributed by atoms with van der Waals surface area (Å²) < 4.78 is 10.8. The number of carboxylic acids is 1. The third-order valence-corrected chi connectivity index (χ3v) is 4.41. The normalized spacial score (nSPS) is 27.9. The van der Waals surface area contributed by atoms with Crippen molar-refractivity contribution in [1.82, 2.24) is 0 Å². The molecule has 8 nitrogen and oxygen atoms in total. The molecule has 0 aromatic heterocycles. The first kappa shape index (κ1) is 19.3. The van der Waals surface area contributed by atoms with Gasteiger partial charge in [-0.3, -0.25) is 0 Å². The molecule has 8 heteroatoms. The second-order valence-electron chi connectivity index (χ2n) is 6.20. The topological polar surface area (TPSA) is 140 Å². The van der Waals surface area contributed by atoms with Crippen LogP contribution in [0.2, 0.25) is 0 Å². The van der Waals surface area contributed by atoms with Crippen molar-refractivity contribution in [3.63, 3.8) is 0 Å². The lowest BCUT2D eigenvalue weighted by Gasteiger charge is -2.39. The van der Waals surface area contributed by atoms with Gasteiger partial charge in [0.25, 0.3) is 0 Å². The molecule has 0 saturated carbocycles. The molecule has 4 N–H and O–H groups in total. The van der Waals surface area contributed by atoms with E-state index in [1.807, 2.05) is 0 Å². The van der Waals surface area contributed by atoms with Crippen molar-refractivity contribution in [2.75, 3.05) is 6.61 Å². The summed E-state index contributed by atoms with van der Waals surface area (Å²) in [6.07, 6.45) is -6.75. The number of carboxylic acid groups (broad SMARTS) is 1. The van der Waals surface area contributed by atoms with Gasteiger partial charge in [0.15, 0.2) is 0 Å². The molecular weight excluding hydrogens is 356 g/mol. The van der Waals surface area contributed by atoms with Crippen molar-refractivity contribution in [2.45, 2.75) is 30.7 Å². The molecule has 144 valence electrons. The lowest BCUT2D eigenvalue weighted by atomic mass is 9.99. The van der Waals surface area contributed by atoms with Gasteiger partial charge in [-0.2, -0.15) is 0 Å². The molecule has 3 rings (SSSR count). The van der Waals surface area contributed by atoms with Crippen molar-refractivity contribution >= 4 is 5.97 Å². The first-order valence-electron chi connectivity index (χ1n) is 8.29. The smallest absolute Gasteiger partial charge is 0.229 e. The maximum Gasteiger partial charge on any atom is 0.229 e. The summed E-state index contributed by atoms with van der Waals surface area (Å²) in [5.74, 6) is -0.903. The van der Waals surface area contributed by atoms with Crippen LogP contribution in [0.15, 0.2) is 48.5 Å². The minimum atomic E-state index is -1.51. The first-order valence-corrected chi connectivity index (χ1v) is 8.29. The predicted molar refractivity (Wildman–Crippen MR) is 90.6 cm³/mol. The molecular formula is C19H19O8-. The highest BCUT2D eigenvalue weighted by atomic mass is 16.7. The number of benzene rings is 2. The Kier molecular flexibility index (Phi) is 5.73. The summed E-state index contributed by atoms with van der Waals surface area (Å²) in [5.41, 5.74) is 1.68. The van der Waals surface area contributed by atoms with Gasteiger partial charge in [-0.05, 0) is 28.8 Å². The fourth-order valence-corrected chi connectivity index (χ4v) is 2.82. The fourth-order valence-electron chi connectivity index (χ4n) is 2.82. The summed E-state index contributed by atoms with van der Waals surface area (Å²) >= 11 is 0. The van der Waals surface area contributed by atoms with Gasteiger partial charge in [0.2, 0.25) is 6.29 Å². The van der Waals surface area contributed by atoms with E-state index in [-0.39, 0.29) is 5.56 Å². The molecule has 1 aliphatic heterocycles. The number of aromatic carboxylic acids is 1. The van der Waals surface area contributed by atoms with Crippen molar-refractivity contribution in [3.8, 4) is 16.9 Å². The number of aliphatic hydroxyl groups excluding tert-OH is 4. The zero-order valence-electron chi connectivity index (χ0n) is 14.1. The van der Waals surface area contributed by atoms with Gasteiger partial charge in [-0.25, -0.2) is 0 Å². The van der Waals surface area contributed by atoms with Crippen LogP contribution in [0.5, 0.6) is 5.75 Å². The van der Waals surface area contributed by atoms with Crippen LogP contribution in [0.4, 0.5) is 0 Å². The molecule has 1 saturated heterocycles. The summed E-state index contributed by atoms with van der Waals surface area (Å²) in [5, 5.41) is 49.5. The summed E-state index contributed by atoms with van der Waals surface area (Å²) in [6, 6.07) is 12.9. The molecule has 2 aromatic rings. The highest BCUT2D eigenvalue weighted by Gasteiger charge is 2.44. The molecule has 0 unspecified atom stereocenters. The van der Waals surface area contributed by atoms with Gasteiger partial charge in [0.05, 0.1) is 12.6 Å². The number of hydrogen-bond acceptors (Lipinski definition) is 8. The van der Waals surface area contributed by atoms with Crippen molar-refractivity contribution in [3.05, 3.63) is 54.1 Å². The van der Waals surface area contributed by atoms with Crippen LogP contribution in [0.25, 0.3) is 11.1 Å². The number of carbonyl (C=O) groups excluding carboxylic acids is 1. The molecule has 0 spiro atoms. The molecule has 0 amide bonds. The quantitative estimate of drug-likeness (QED) is 0.516. The maximum atomic E-state index is 10.8. The molecule has 1 aliphatic rings. The third-order valence-electron chi connectivity index (χ3n) is 4.41. The van der Waals surface area contributed by atoms with Crippen LogP contribution < -0.4 is 9.84 Å². The Morgan fingerprint density at radius 1 is 0.926 bits per heavy atom. The fraction of sp³-hybridized carbons (Fsp3) is 0.316. The van der Waals surface area contributed by atoms with Gasteiger partial charge >= 0.3 is 0 Å². The Morgan fingerprint density at radius 3 is 2.00 bits per heavy atom. The molecule has 1 fully saturated rings. The zero-order valence-corrected chi connectivity index (χ0v) is 14.1. The second kappa shape index (κ2) is 8.03. The third kappa shape index (κ3) is 4.10. The van der Waals surface area contributed by atoms with E-state index in [0.29, 0.717) is 5.75 Å². The van der Waals surface area contributed by atoms with Crippen LogP contribution in [-0.2, 0) is 4.74 Å². The number of carbonyl (C=O) groups is 1. The Labute approximate surface area is 154 Å². The highest BCUT2D eigenvalue weighted by molar-refractivity contribution is 5.86. The first-order chi connectivity index (χ1) is 12.9. The van der Waals surface area contributed by atoms with Crippen molar-refractivity contribution < 1.29 is 39.8 Å². The number of hydrogen-bond donors (Lipinski definition) is 4. The summed E-state index contributed by atoms with van der Waals surface area (Å²) in [4.78, 5) is 10.8. The van der Waals surface area contributed by atoms with Gasteiger partial charge in [-0.15, -0.1) is 0 Å². The van der Waals surface area contributed by atoms with Gasteiger partial charge in [-0.1, -0.05) is 36.4 Å². The average Bonchev–Trinajstić information content (AvgIpc) is 2.69. The second-order valence-corrected chi connectivity index (χ2v) is 6.20. The van der Waals surface area contributed by atoms with E-state index < -0.39 is 43.3 Å². The minimum absolute atomic E-state index is 0.0846. The van der Waals surface area contributed by atoms with E-state index >= 15 is 0 Å². The Hall–Kier alpha value is -2.49. The summed E-state index contributed by atoms with van der Waals surface area (Å²) in [6.45, 7) is -0.536. The number of rotatable bonds is 5. The Balaban J connectivity index is 1.71. The zero-order chi connectivity index (χ0) is 19.6. The van der Waals surface area contributed by atoms with E-state index in [2.05, 4.69) is 0 Å². The number of aliphatic hydroxyl groups is 4. The standard InChI is InChI=1S/C19H20O8/c20-9-14-15(21)16(22)17(23)19(27-14)26-13-7-5-11(6-8-13)10-1-3-12(4-2-10)18(24)25/h1-8,14-17,19-23H,9H2,(H,24,25)/p-1/t14-,15-,16+,17+,19+/m1/s1. The van der Waals surface area contributed by atoms with Gasteiger partial charge < -0.3 is 39.8 Å².